The molecule has 0 bridgehead atoms. The van der Waals surface area contributed by atoms with E-state index in [1.807, 2.05) is 0 Å². The Balaban J connectivity index is 0.00000180. The fourth-order valence-corrected chi connectivity index (χ4v) is 2.69. The van der Waals surface area contributed by atoms with Gasteiger partial charge in [-0.05, 0) is 30.7 Å². The van der Waals surface area contributed by atoms with Crippen molar-refractivity contribution in [2.45, 2.75) is 39.2 Å². The predicted octanol–water partition coefficient (Wildman–Crippen LogP) is 2.72. The van der Waals surface area contributed by atoms with Gasteiger partial charge in [0, 0.05) is 6.54 Å². The van der Waals surface area contributed by atoms with Crippen LogP contribution in [0.15, 0.2) is 16.7 Å². The summed E-state index contributed by atoms with van der Waals surface area (Å²) in [6.45, 7) is 3.39. The molecule has 0 aromatic carbocycles. The number of halogens is 1. The highest BCUT2D eigenvalue weighted by Crippen LogP contribution is 2.27. The Morgan fingerprint density at radius 1 is 1.53 bits per heavy atom. The van der Waals surface area contributed by atoms with Crippen molar-refractivity contribution in [1.29, 1.82) is 0 Å². The average Bonchev–Trinajstić information content (AvgIpc) is 2.85. The molecule has 1 heterocycles. The Labute approximate surface area is 120 Å². The van der Waals surface area contributed by atoms with Gasteiger partial charge in [0.1, 0.15) is 12.0 Å². The van der Waals surface area contributed by atoms with E-state index in [0.717, 1.165) is 12.5 Å². The first-order valence-electron chi connectivity index (χ1n) is 6.74. The fourth-order valence-electron chi connectivity index (χ4n) is 2.69. The monoisotopic (exact) mass is 286 g/mol. The van der Waals surface area contributed by atoms with Gasteiger partial charge in [0.25, 0.3) is 5.91 Å². The van der Waals surface area contributed by atoms with Gasteiger partial charge in [0.2, 0.25) is 0 Å². The van der Waals surface area contributed by atoms with Crippen LogP contribution in [0, 0.1) is 11.8 Å². The van der Waals surface area contributed by atoms with E-state index < -0.39 is 0 Å². The zero-order valence-corrected chi connectivity index (χ0v) is 12.2. The Bertz CT molecular complexity index is 406. The highest BCUT2D eigenvalue weighted by molar-refractivity contribution is 5.93. The number of amides is 1. The minimum absolute atomic E-state index is 0. The van der Waals surface area contributed by atoms with Crippen molar-refractivity contribution >= 4 is 18.3 Å². The molecule has 1 aliphatic carbocycles. The molecule has 108 valence electrons. The van der Waals surface area contributed by atoms with E-state index in [4.69, 9.17) is 10.2 Å². The van der Waals surface area contributed by atoms with Crippen LogP contribution in [0.1, 0.15) is 48.7 Å². The maximum absolute atomic E-state index is 11.9. The summed E-state index contributed by atoms with van der Waals surface area (Å²) in [5.74, 6) is 2.00. The number of hydrogen-bond acceptors (Lipinski definition) is 3. The second-order valence-corrected chi connectivity index (χ2v) is 5.35. The van der Waals surface area contributed by atoms with Crippen molar-refractivity contribution in [3.05, 3.63) is 23.7 Å². The fraction of sp³-hybridized carbons (Fsp3) is 0.643. The van der Waals surface area contributed by atoms with E-state index in [-0.39, 0.29) is 18.3 Å². The van der Waals surface area contributed by atoms with Gasteiger partial charge in [-0.25, -0.2) is 0 Å². The van der Waals surface area contributed by atoms with Crippen LogP contribution in [-0.4, -0.2) is 12.5 Å². The minimum Gasteiger partial charge on any atom is -0.467 e. The van der Waals surface area contributed by atoms with Crippen LogP contribution in [0.25, 0.3) is 0 Å². The van der Waals surface area contributed by atoms with Crippen LogP contribution in [0.4, 0.5) is 0 Å². The van der Waals surface area contributed by atoms with Crippen LogP contribution in [-0.2, 0) is 6.54 Å². The molecule has 0 radical (unpaired) electrons. The summed E-state index contributed by atoms with van der Waals surface area (Å²) in [5, 5.41) is 2.99. The van der Waals surface area contributed by atoms with Gasteiger partial charge >= 0.3 is 0 Å². The number of nitrogens with two attached hydrogens (primary N) is 1. The van der Waals surface area contributed by atoms with Gasteiger partial charge in [0.05, 0.1) is 12.1 Å². The number of nitrogens with one attached hydrogen (secondary N) is 1. The predicted molar refractivity (Wildman–Crippen MR) is 77.3 cm³/mol. The smallest absolute Gasteiger partial charge is 0.254 e. The van der Waals surface area contributed by atoms with Crippen molar-refractivity contribution < 1.29 is 9.21 Å². The molecule has 1 aromatic rings. The molecule has 4 nitrogen and oxygen atoms in total. The average molecular weight is 287 g/mol. The molecule has 1 amide bonds. The molecule has 1 fully saturated rings. The summed E-state index contributed by atoms with van der Waals surface area (Å²) in [5.41, 5.74) is 6.01. The van der Waals surface area contributed by atoms with Crippen molar-refractivity contribution in [3.63, 3.8) is 0 Å². The summed E-state index contributed by atoms with van der Waals surface area (Å²) in [6.07, 6.45) is 6.53. The van der Waals surface area contributed by atoms with E-state index in [9.17, 15) is 4.79 Å². The van der Waals surface area contributed by atoms with E-state index >= 15 is 0 Å². The maximum Gasteiger partial charge on any atom is 0.254 e. The van der Waals surface area contributed by atoms with Crippen molar-refractivity contribution in [2.75, 3.05) is 6.54 Å². The third kappa shape index (κ3) is 4.55. The molecule has 0 aliphatic heterocycles. The maximum atomic E-state index is 11.9. The van der Waals surface area contributed by atoms with E-state index in [0.29, 0.717) is 23.8 Å². The first-order chi connectivity index (χ1) is 8.69. The topological polar surface area (TPSA) is 68.3 Å². The summed E-state index contributed by atoms with van der Waals surface area (Å²) >= 11 is 0. The largest absolute Gasteiger partial charge is 0.467 e. The van der Waals surface area contributed by atoms with Gasteiger partial charge in [-0.2, -0.15) is 0 Å². The molecule has 3 N–H and O–H groups in total. The van der Waals surface area contributed by atoms with Crippen LogP contribution < -0.4 is 11.1 Å². The van der Waals surface area contributed by atoms with E-state index in [2.05, 4.69) is 12.2 Å². The third-order valence-corrected chi connectivity index (χ3v) is 3.71. The standard InChI is InChI=1S/C14H22N2O2.ClH/c1-10-3-2-4-11(5-10)8-16-14(17)12-6-13(7-15)18-9-12;/h6,9-11H,2-5,7-8,15H2,1H3,(H,16,17);1H. The van der Waals surface area contributed by atoms with Crippen molar-refractivity contribution in [2.24, 2.45) is 17.6 Å². The van der Waals surface area contributed by atoms with Crippen LogP contribution in [0.3, 0.4) is 0 Å². The second-order valence-electron chi connectivity index (χ2n) is 5.35. The third-order valence-electron chi connectivity index (χ3n) is 3.71. The molecule has 2 rings (SSSR count). The Morgan fingerprint density at radius 2 is 2.32 bits per heavy atom. The van der Waals surface area contributed by atoms with Crippen molar-refractivity contribution in [1.82, 2.24) is 5.32 Å². The van der Waals surface area contributed by atoms with Gasteiger partial charge in [-0.1, -0.05) is 19.8 Å². The number of rotatable bonds is 4. The second kappa shape index (κ2) is 7.56. The lowest BCUT2D eigenvalue weighted by Crippen LogP contribution is -2.31. The normalized spacial score (nSPS) is 22.6. The molecule has 2 atom stereocenters. The first kappa shape index (κ1) is 16.1. The lowest BCUT2D eigenvalue weighted by atomic mass is 9.82. The molecule has 1 saturated carbocycles. The van der Waals surface area contributed by atoms with Gasteiger partial charge in [-0.3, -0.25) is 4.79 Å². The molecule has 19 heavy (non-hydrogen) atoms. The zero-order chi connectivity index (χ0) is 13.0. The quantitative estimate of drug-likeness (QED) is 0.894. The molecular formula is C14H23ClN2O2. The van der Waals surface area contributed by atoms with Gasteiger partial charge < -0.3 is 15.5 Å². The number of furan rings is 1. The highest BCUT2D eigenvalue weighted by atomic mass is 35.5. The molecule has 1 aromatic heterocycles. The SMILES string of the molecule is CC1CCCC(CNC(=O)c2coc(CN)c2)C1.Cl. The molecule has 1 aliphatic rings. The summed E-state index contributed by atoms with van der Waals surface area (Å²) in [6, 6.07) is 1.71. The van der Waals surface area contributed by atoms with Crippen LogP contribution in [0.2, 0.25) is 0 Å². The number of hydrogen-bond donors (Lipinski definition) is 2. The molecule has 0 spiro atoms. The lowest BCUT2D eigenvalue weighted by Gasteiger charge is -2.26. The van der Waals surface area contributed by atoms with Crippen LogP contribution >= 0.6 is 12.4 Å². The lowest BCUT2D eigenvalue weighted by molar-refractivity contribution is 0.0940. The molecular weight excluding hydrogens is 264 g/mol. The van der Waals surface area contributed by atoms with Crippen molar-refractivity contribution in [3.8, 4) is 0 Å². The number of carbonyl (C=O) groups is 1. The Hall–Kier alpha value is -1.00. The number of carbonyl (C=O) groups excluding carboxylic acids is 1. The highest BCUT2D eigenvalue weighted by Gasteiger charge is 2.19. The van der Waals surface area contributed by atoms with E-state index in [1.165, 1.54) is 31.9 Å². The zero-order valence-electron chi connectivity index (χ0n) is 11.4. The first-order valence-corrected chi connectivity index (χ1v) is 6.74. The van der Waals surface area contributed by atoms with Crippen LogP contribution in [0.5, 0.6) is 0 Å². The minimum atomic E-state index is -0.0586. The van der Waals surface area contributed by atoms with Gasteiger partial charge in [0.15, 0.2) is 0 Å². The summed E-state index contributed by atoms with van der Waals surface area (Å²) in [7, 11) is 0. The van der Waals surface area contributed by atoms with E-state index in [1.54, 1.807) is 6.07 Å². The van der Waals surface area contributed by atoms with Gasteiger partial charge in [-0.15, -0.1) is 12.4 Å². The molecule has 0 saturated heterocycles. The molecule has 2 unspecified atom stereocenters. The molecule has 5 heteroatoms. The summed E-state index contributed by atoms with van der Waals surface area (Å²) < 4.78 is 5.16. The Morgan fingerprint density at radius 3 is 2.95 bits per heavy atom. The Kier molecular flexibility index (Phi) is 6.38. The summed E-state index contributed by atoms with van der Waals surface area (Å²) in [4.78, 5) is 11.9.